The van der Waals surface area contributed by atoms with Crippen LogP contribution in [-0.2, 0) is 0 Å². The third kappa shape index (κ3) is 2.82. The number of anilines is 1. The largest absolute Gasteiger partial charge is 0.508 e. The molecule has 0 saturated carbocycles. The number of rotatable bonds is 4. The van der Waals surface area contributed by atoms with Gasteiger partial charge in [0.15, 0.2) is 0 Å². The van der Waals surface area contributed by atoms with Crippen LogP contribution in [0.2, 0.25) is 0 Å². The van der Waals surface area contributed by atoms with Crippen molar-refractivity contribution < 1.29 is 15.3 Å². The molecule has 15 heavy (non-hydrogen) atoms. The maximum Gasteiger partial charge on any atom is 0.117 e. The van der Waals surface area contributed by atoms with Gasteiger partial charge >= 0.3 is 0 Å². The maximum absolute atomic E-state index is 9.72. The van der Waals surface area contributed by atoms with Crippen molar-refractivity contribution >= 4 is 5.69 Å². The van der Waals surface area contributed by atoms with Crippen molar-refractivity contribution in [3.8, 4) is 5.75 Å². The quantitative estimate of drug-likeness (QED) is 0.440. The van der Waals surface area contributed by atoms with Crippen LogP contribution in [0.1, 0.15) is 18.1 Å². The van der Waals surface area contributed by atoms with Crippen LogP contribution in [0.5, 0.6) is 5.75 Å². The van der Waals surface area contributed by atoms with E-state index in [-0.39, 0.29) is 18.0 Å². The molecular formula is C10H16N2O3. The molecule has 0 aromatic heterocycles. The fourth-order valence-corrected chi connectivity index (χ4v) is 1.37. The summed E-state index contributed by atoms with van der Waals surface area (Å²) < 4.78 is 0. The van der Waals surface area contributed by atoms with Crippen molar-refractivity contribution in [3.63, 3.8) is 0 Å². The van der Waals surface area contributed by atoms with Gasteiger partial charge in [-0.25, -0.2) is 0 Å². The maximum atomic E-state index is 9.72. The van der Waals surface area contributed by atoms with Crippen LogP contribution in [0.4, 0.5) is 5.69 Å². The predicted molar refractivity (Wildman–Crippen MR) is 57.2 cm³/mol. The van der Waals surface area contributed by atoms with Gasteiger partial charge in [0, 0.05) is 17.3 Å². The number of phenols is 1. The summed E-state index contributed by atoms with van der Waals surface area (Å²) in [6, 6.07) is 4.22. The number of hydrogen-bond acceptors (Lipinski definition) is 5. The van der Waals surface area contributed by atoms with E-state index in [0.717, 1.165) is 0 Å². The van der Waals surface area contributed by atoms with Crippen LogP contribution in [-0.4, -0.2) is 28.0 Å². The van der Waals surface area contributed by atoms with E-state index >= 15 is 0 Å². The third-order valence-corrected chi connectivity index (χ3v) is 2.22. The van der Waals surface area contributed by atoms with Crippen molar-refractivity contribution in [3.05, 3.63) is 23.8 Å². The SMILES string of the molecule is NCCC(O)C(O)c1ccc(O)cc1N. The van der Waals surface area contributed by atoms with Gasteiger partial charge in [0.25, 0.3) is 0 Å². The highest BCUT2D eigenvalue weighted by Crippen LogP contribution is 2.27. The van der Waals surface area contributed by atoms with Crippen molar-refractivity contribution in [1.29, 1.82) is 0 Å². The standard InChI is InChI=1S/C10H16N2O3/c11-4-3-9(14)10(15)7-2-1-6(13)5-8(7)12/h1-2,5,9-10,13-15H,3-4,11-12H2. The summed E-state index contributed by atoms with van der Waals surface area (Å²) in [5.74, 6) is 0.0248. The van der Waals surface area contributed by atoms with Crippen LogP contribution >= 0.6 is 0 Å². The van der Waals surface area contributed by atoms with Gasteiger partial charge in [0.2, 0.25) is 0 Å². The number of phenolic OH excluding ortho intramolecular Hbond substituents is 1. The summed E-state index contributed by atoms with van der Waals surface area (Å²) in [6.45, 7) is 0.288. The minimum atomic E-state index is -1.07. The summed E-state index contributed by atoms with van der Waals surface area (Å²) in [5, 5.41) is 28.4. The molecule has 2 unspecified atom stereocenters. The van der Waals surface area contributed by atoms with Gasteiger partial charge in [-0.2, -0.15) is 0 Å². The molecule has 7 N–H and O–H groups in total. The second-order valence-corrected chi connectivity index (χ2v) is 3.40. The first-order valence-corrected chi connectivity index (χ1v) is 4.71. The number of nitrogens with two attached hydrogens (primary N) is 2. The van der Waals surface area contributed by atoms with E-state index in [1.54, 1.807) is 0 Å². The minimum Gasteiger partial charge on any atom is -0.508 e. The Kier molecular flexibility index (Phi) is 3.90. The molecule has 1 rings (SSSR count). The Morgan fingerprint density at radius 2 is 1.93 bits per heavy atom. The summed E-state index contributed by atoms with van der Waals surface area (Å²) in [6.07, 6.45) is -1.72. The number of nitrogen functional groups attached to an aromatic ring is 1. The molecule has 2 atom stereocenters. The molecule has 0 aliphatic rings. The number of hydrogen-bond donors (Lipinski definition) is 5. The van der Waals surface area contributed by atoms with E-state index < -0.39 is 12.2 Å². The number of aliphatic hydroxyl groups excluding tert-OH is 2. The zero-order valence-corrected chi connectivity index (χ0v) is 8.30. The predicted octanol–water partition coefficient (Wildman–Crippen LogP) is -0.283. The molecular weight excluding hydrogens is 196 g/mol. The molecule has 84 valence electrons. The average Bonchev–Trinajstić information content (AvgIpc) is 2.17. The van der Waals surface area contributed by atoms with Crippen molar-refractivity contribution in [2.75, 3.05) is 12.3 Å². The van der Waals surface area contributed by atoms with Crippen LogP contribution in [0.3, 0.4) is 0 Å². The Bertz CT molecular complexity index is 330. The van der Waals surface area contributed by atoms with E-state index in [2.05, 4.69) is 0 Å². The van der Waals surface area contributed by atoms with Crippen LogP contribution in [0, 0.1) is 0 Å². The average molecular weight is 212 g/mol. The highest BCUT2D eigenvalue weighted by Gasteiger charge is 2.19. The summed E-state index contributed by atoms with van der Waals surface area (Å²) >= 11 is 0. The number of benzene rings is 1. The molecule has 5 nitrogen and oxygen atoms in total. The topological polar surface area (TPSA) is 113 Å². The smallest absolute Gasteiger partial charge is 0.117 e. The number of aliphatic hydroxyl groups is 2. The molecule has 0 aliphatic heterocycles. The molecule has 0 heterocycles. The Morgan fingerprint density at radius 1 is 1.27 bits per heavy atom. The van der Waals surface area contributed by atoms with E-state index in [4.69, 9.17) is 16.6 Å². The second-order valence-electron chi connectivity index (χ2n) is 3.40. The Hall–Kier alpha value is -1.30. The van der Waals surface area contributed by atoms with Gasteiger partial charge in [-0.05, 0) is 19.0 Å². The van der Waals surface area contributed by atoms with Gasteiger partial charge in [0.1, 0.15) is 11.9 Å². The van der Waals surface area contributed by atoms with E-state index in [1.165, 1.54) is 18.2 Å². The molecule has 0 fully saturated rings. The first kappa shape index (κ1) is 11.8. The molecule has 0 saturated heterocycles. The summed E-state index contributed by atoms with van der Waals surface area (Å²) in [4.78, 5) is 0. The Labute approximate surface area is 88.0 Å². The zero-order chi connectivity index (χ0) is 11.4. The van der Waals surface area contributed by atoms with Crippen LogP contribution in [0.15, 0.2) is 18.2 Å². The lowest BCUT2D eigenvalue weighted by atomic mass is 10.0. The Balaban J connectivity index is 2.86. The van der Waals surface area contributed by atoms with Gasteiger partial charge in [-0.1, -0.05) is 6.07 Å². The number of aromatic hydroxyl groups is 1. The second kappa shape index (κ2) is 4.97. The van der Waals surface area contributed by atoms with Gasteiger partial charge in [-0.3, -0.25) is 0 Å². The molecule has 0 bridgehead atoms. The third-order valence-electron chi connectivity index (χ3n) is 2.22. The lowest BCUT2D eigenvalue weighted by Crippen LogP contribution is -2.22. The van der Waals surface area contributed by atoms with Gasteiger partial charge < -0.3 is 26.8 Å². The monoisotopic (exact) mass is 212 g/mol. The van der Waals surface area contributed by atoms with Crippen molar-refractivity contribution in [1.82, 2.24) is 0 Å². The van der Waals surface area contributed by atoms with Gasteiger partial charge in [-0.15, -0.1) is 0 Å². The highest BCUT2D eigenvalue weighted by atomic mass is 16.3. The first-order chi connectivity index (χ1) is 7.06. The van der Waals surface area contributed by atoms with Crippen molar-refractivity contribution in [2.45, 2.75) is 18.6 Å². The van der Waals surface area contributed by atoms with E-state index in [1.807, 2.05) is 0 Å². The molecule has 5 heteroatoms. The molecule has 0 spiro atoms. The highest BCUT2D eigenvalue weighted by molar-refractivity contribution is 5.52. The molecule has 1 aromatic carbocycles. The fourth-order valence-electron chi connectivity index (χ4n) is 1.37. The fraction of sp³-hybridized carbons (Fsp3) is 0.400. The van der Waals surface area contributed by atoms with Gasteiger partial charge in [0.05, 0.1) is 6.10 Å². The lowest BCUT2D eigenvalue weighted by Gasteiger charge is -2.19. The molecule has 0 aliphatic carbocycles. The molecule has 0 radical (unpaired) electrons. The normalized spacial score (nSPS) is 14.9. The van der Waals surface area contributed by atoms with Crippen LogP contribution < -0.4 is 11.5 Å². The van der Waals surface area contributed by atoms with E-state index in [9.17, 15) is 10.2 Å². The minimum absolute atomic E-state index is 0.0248. The first-order valence-electron chi connectivity index (χ1n) is 4.71. The van der Waals surface area contributed by atoms with E-state index in [0.29, 0.717) is 12.0 Å². The molecule has 1 aromatic rings. The van der Waals surface area contributed by atoms with Crippen LogP contribution in [0.25, 0.3) is 0 Å². The summed E-state index contributed by atoms with van der Waals surface area (Å²) in [5.41, 5.74) is 11.5. The molecule has 0 amide bonds. The zero-order valence-electron chi connectivity index (χ0n) is 8.30. The Morgan fingerprint density at radius 3 is 2.47 bits per heavy atom. The lowest BCUT2D eigenvalue weighted by molar-refractivity contribution is 0.0154. The summed E-state index contributed by atoms with van der Waals surface area (Å²) in [7, 11) is 0. The van der Waals surface area contributed by atoms with Crippen molar-refractivity contribution in [2.24, 2.45) is 5.73 Å².